The van der Waals surface area contributed by atoms with Crippen molar-refractivity contribution in [2.24, 2.45) is 0 Å². The third-order valence-electron chi connectivity index (χ3n) is 4.66. The number of benzene rings is 3. The van der Waals surface area contributed by atoms with Crippen molar-refractivity contribution in [1.29, 1.82) is 0 Å². The fourth-order valence-electron chi connectivity index (χ4n) is 3.14. The van der Waals surface area contributed by atoms with Gasteiger partial charge >= 0.3 is 0 Å². The summed E-state index contributed by atoms with van der Waals surface area (Å²) in [6.07, 6.45) is 0. The molecule has 0 atom stereocenters. The van der Waals surface area contributed by atoms with Crippen molar-refractivity contribution < 1.29 is 23.4 Å². The molecule has 0 saturated heterocycles. The molecule has 7 nitrogen and oxygen atoms in total. The third kappa shape index (κ3) is 4.29. The average Bonchev–Trinajstić information content (AvgIpc) is 3.21. The zero-order valence-corrected chi connectivity index (χ0v) is 19.2. The predicted octanol–water partition coefficient (Wildman–Crippen LogP) is 5.38. The fourth-order valence-corrected chi connectivity index (χ4v) is 3.50. The molecule has 0 saturated carbocycles. The van der Waals surface area contributed by atoms with Crippen LogP contribution in [0.4, 0.5) is 5.69 Å². The Kier molecular flexibility index (Phi) is 5.99. The largest absolute Gasteiger partial charge is 0.493 e. The van der Waals surface area contributed by atoms with Crippen LogP contribution in [0.3, 0.4) is 0 Å². The maximum atomic E-state index is 12.8. The van der Waals surface area contributed by atoms with Gasteiger partial charge in [-0.3, -0.25) is 4.79 Å². The maximum Gasteiger partial charge on any atom is 0.255 e. The zero-order chi connectivity index (χ0) is 22.0. The summed E-state index contributed by atoms with van der Waals surface area (Å²) in [4.78, 5) is 17.4. The van der Waals surface area contributed by atoms with Crippen LogP contribution in [-0.4, -0.2) is 32.2 Å². The van der Waals surface area contributed by atoms with Gasteiger partial charge in [-0.15, -0.1) is 0 Å². The second-order valence-corrected chi connectivity index (χ2v) is 7.82. The van der Waals surface area contributed by atoms with Gasteiger partial charge in [-0.25, -0.2) is 4.98 Å². The molecule has 0 fully saturated rings. The molecule has 0 bridgehead atoms. The minimum absolute atomic E-state index is 0.319. The SMILES string of the molecule is COc1cc(C(=O)Nc2ccc3oc(-c4ccc(I)cc4)nc3c2)cc(OC)c1OC. The number of hydrogen-bond donors (Lipinski definition) is 1. The lowest BCUT2D eigenvalue weighted by Gasteiger charge is -2.14. The van der Waals surface area contributed by atoms with E-state index in [9.17, 15) is 4.79 Å². The second-order valence-electron chi connectivity index (χ2n) is 6.58. The summed E-state index contributed by atoms with van der Waals surface area (Å²) >= 11 is 2.25. The number of nitrogens with zero attached hydrogens (tertiary/aromatic N) is 1. The molecule has 4 rings (SSSR count). The van der Waals surface area contributed by atoms with Gasteiger partial charge in [0, 0.05) is 20.4 Å². The second kappa shape index (κ2) is 8.84. The zero-order valence-electron chi connectivity index (χ0n) is 17.1. The lowest BCUT2D eigenvalue weighted by Crippen LogP contribution is -2.12. The Bertz CT molecular complexity index is 1230. The van der Waals surface area contributed by atoms with Gasteiger partial charge in [-0.2, -0.15) is 0 Å². The van der Waals surface area contributed by atoms with E-state index in [0.717, 1.165) is 9.13 Å². The van der Waals surface area contributed by atoms with Crippen LogP contribution in [0.25, 0.3) is 22.6 Å². The van der Waals surface area contributed by atoms with Gasteiger partial charge in [0.2, 0.25) is 11.6 Å². The Hall–Kier alpha value is -3.27. The number of rotatable bonds is 6. The van der Waals surface area contributed by atoms with E-state index >= 15 is 0 Å². The highest BCUT2D eigenvalue weighted by molar-refractivity contribution is 14.1. The standard InChI is InChI=1S/C23H19IN2O5/c1-28-19-10-14(11-20(29-2)21(19)30-3)22(27)25-16-8-9-18-17(12-16)26-23(31-18)13-4-6-15(24)7-5-13/h4-12H,1-3H3,(H,25,27). The molecule has 0 unspecified atom stereocenters. The number of methoxy groups -OCH3 is 3. The number of halogens is 1. The van der Waals surface area contributed by atoms with Crippen LogP contribution >= 0.6 is 22.6 Å². The predicted molar refractivity (Wildman–Crippen MR) is 126 cm³/mol. The lowest BCUT2D eigenvalue weighted by atomic mass is 10.1. The molecule has 1 N–H and O–H groups in total. The van der Waals surface area contributed by atoms with E-state index in [0.29, 0.717) is 45.5 Å². The molecule has 0 aliphatic carbocycles. The van der Waals surface area contributed by atoms with Gasteiger partial charge in [0.15, 0.2) is 17.1 Å². The average molecular weight is 530 g/mol. The summed E-state index contributed by atoms with van der Waals surface area (Å²) in [5.74, 6) is 1.44. The van der Waals surface area contributed by atoms with E-state index < -0.39 is 0 Å². The van der Waals surface area contributed by atoms with Gasteiger partial charge in [0.1, 0.15) is 5.52 Å². The molecule has 158 valence electrons. The van der Waals surface area contributed by atoms with E-state index in [1.807, 2.05) is 24.3 Å². The highest BCUT2D eigenvalue weighted by atomic mass is 127. The molecule has 1 aromatic heterocycles. The third-order valence-corrected chi connectivity index (χ3v) is 5.38. The molecule has 3 aromatic carbocycles. The molecule has 0 aliphatic rings. The van der Waals surface area contributed by atoms with E-state index in [4.69, 9.17) is 18.6 Å². The number of oxazole rings is 1. The van der Waals surface area contributed by atoms with E-state index in [2.05, 4.69) is 32.9 Å². The fraction of sp³-hybridized carbons (Fsp3) is 0.130. The van der Waals surface area contributed by atoms with Crippen molar-refractivity contribution in [3.63, 3.8) is 0 Å². The number of amides is 1. The van der Waals surface area contributed by atoms with Crippen molar-refractivity contribution in [3.8, 4) is 28.7 Å². The van der Waals surface area contributed by atoms with Crippen molar-refractivity contribution in [3.05, 3.63) is 63.7 Å². The summed E-state index contributed by atoms with van der Waals surface area (Å²) in [6, 6.07) is 16.4. The van der Waals surface area contributed by atoms with Crippen molar-refractivity contribution in [2.45, 2.75) is 0 Å². The molecule has 0 radical (unpaired) electrons. The minimum atomic E-state index is -0.319. The monoisotopic (exact) mass is 530 g/mol. The number of fused-ring (bicyclic) bond motifs is 1. The number of anilines is 1. The number of hydrogen-bond acceptors (Lipinski definition) is 6. The first-order chi connectivity index (χ1) is 15.0. The molecule has 0 aliphatic heterocycles. The summed E-state index contributed by atoms with van der Waals surface area (Å²) in [5.41, 5.74) is 3.14. The minimum Gasteiger partial charge on any atom is -0.493 e. The van der Waals surface area contributed by atoms with E-state index in [1.165, 1.54) is 21.3 Å². The maximum absolute atomic E-state index is 12.8. The van der Waals surface area contributed by atoms with Crippen LogP contribution in [-0.2, 0) is 0 Å². The van der Waals surface area contributed by atoms with Gasteiger partial charge in [0.05, 0.1) is 21.3 Å². The Morgan fingerprint density at radius 1 is 0.935 bits per heavy atom. The molecular formula is C23H19IN2O5. The van der Waals surface area contributed by atoms with Crippen molar-refractivity contribution in [1.82, 2.24) is 4.98 Å². The molecule has 4 aromatic rings. The van der Waals surface area contributed by atoms with Gasteiger partial charge < -0.3 is 23.9 Å². The summed E-state index contributed by atoms with van der Waals surface area (Å²) in [7, 11) is 4.52. The number of ether oxygens (including phenoxy) is 3. The number of aromatic nitrogens is 1. The van der Waals surface area contributed by atoms with Gasteiger partial charge in [0.25, 0.3) is 5.91 Å². The molecule has 1 heterocycles. The highest BCUT2D eigenvalue weighted by Crippen LogP contribution is 2.38. The first-order valence-corrected chi connectivity index (χ1v) is 10.4. The molecule has 1 amide bonds. The van der Waals surface area contributed by atoms with Crippen molar-refractivity contribution in [2.75, 3.05) is 26.6 Å². The normalized spacial score (nSPS) is 10.7. The van der Waals surface area contributed by atoms with Crippen LogP contribution in [0.2, 0.25) is 0 Å². The van der Waals surface area contributed by atoms with Gasteiger partial charge in [-0.1, -0.05) is 0 Å². The van der Waals surface area contributed by atoms with E-state index in [-0.39, 0.29) is 5.91 Å². The molecule has 0 spiro atoms. The van der Waals surface area contributed by atoms with Crippen LogP contribution < -0.4 is 19.5 Å². The number of carbonyl (C=O) groups excluding carboxylic acids is 1. The summed E-state index contributed by atoms with van der Waals surface area (Å²) in [5, 5.41) is 2.87. The van der Waals surface area contributed by atoms with Crippen molar-refractivity contribution >= 4 is 45.3 Å². The van der Waals surface area contributed by atoms with Crippen LogP contribution in [0.5, 0.6) is 17.2 Å². The number of nitrogens with one attached hydrogen (secondary N) is 1. The summed E-state index contributed by atoms with van der Waals surface area (Å²) in [6.45, 7) is 0. The Morgan fingerprint density at radius 2 is 1.61 bits per heavy atom. The molecule has 8 heteroatoms. The number of carbonyl (C=O) groups is 1. The topological polar surface area (TPSA) is 82.8 Å². The molecule has 31 heavy (non-hydrogen) atoms. The van der Waals surface area contributed by atoms with Gasteiger partial charge in [-0.05, 0) is 77.2 Å². The van der Waals surface area contributed by atoms with Crippen LogP contribution in [0.1, 0.15) is 10.4 Å². The molecular weight excluding hydrogens is 511 g/mol. The Labute approximate surface area is 192 Å². The lowest BCUT2D eigenvalue weighted by molar-refractivity contribution is 0.102. The highest BCUT2D eigenvalue weighted by Gasteiger charge is 2.17. The smallest absolute Gasteiger partial charge is 0.255 e. The summed E-state index contributed by atoms with van der Waals surface area (Å²) < 4.78 is 22.9. The Morgan fingerprint density at radius 3 is 2.23 bits per heavy atom. The Balaban J connectivity index is 1.61. The first-order valence-electron chi connectivity index (χ1n) is 9.30. The van der Waals surface area contributed by atoms with E-state index in [1.54, 1.807) is 30.3 Å². The van der Waals surface area contributed by atoms with Crippen LogP contribution in [0, 0.1) is 3.57 Å². The quantitative estimate of drug-likeness (QED) is 0.338. The van der Waals surface area contributed by atoms with Crippen LogP contribution in [0.15, 0.2) is 59.0 Å². The first kappa shape index (κ1) is 21.0.